The summed E-state index contributed by atoms with van der Waals surface area (Å²) in [4.78, 5) is 0. The maximum Gasteiger partial charge on any atom is 0.387 e. The van der Waals surface area contributed by atoms with E-state index >= 15 is 0 Å². The Bertz CT molecular complexity index is 412. The maximum atomic E-state index is 12.3. The largest absolute Gasteiger partial charge is 0.434 e. The monoisotopic (exact) mass is 335 g/mol. The van der Waals surface area contributed by atoms with Gasteiger partial charge in [-0.1, -0.05) is 15.9 Å². The fourth-order valence-electron chi connectivity index (χ4n) is 2.05. The molecule has 0 amide bonds. The van der Waals surface area contributed by atoms with Crippen LogP contribution in [0.15, 0.2) is 22.7 Å². The molecule has 1 aromatic rings. The van der Waals surface area contributed by atoms with Gasteiger partial charge in [-0.05, 0) is 31.0 Å². The zero-order valence-electron chi connectivity index (χ0n) is 10.4. The molecule has 0 saturated carbocycles. The van der Waals surface area contributed by atoms with E-state index in [0.29, 0.717) is 12.6 Å². The van der Waals surface area contributed by atoms with Crippen molar-refractivity contribution in [2.45, 2.75) is 32.0 Å². The summed E-state index contributed by atoms with van der Waals surface area (Å²) in [7, 11) is 0. The van der Waals surface area contributed by atoms with E-state index in [1.807, 2.05) is 0 Å². The number of nitrogens with one attached hydrogen (secondary N) is 1. The zero-order chi connectivity index (χ0) is 13.7. The lowest BCUT2D eigenvalue weighted by molar-refractivity contribution is -0.0505. The van der Waals surface area contributed by atoms with E-state index in [4.69, 9.17) is 4.74 Å². The highest BCUT2D eigenvalue weighted by Crippen LogP contribution is 2.25. The van der Waals surface area contributed by atoms with E-state index in [9.17, 15) is 8.78 Å². The van der Waals surface area contributed by atoms with Gasteiger partial charge in [0.2, 0.25) is 0 Å². The lowest BCUT2D eigenvalue weighted by atomic mass is 10.1. The van der Waals surface area contributed by atoms with E-state index < -0.39 is 6.61 Å². The first-order valence-corrected chi connectivity index (χ1v) is 6.99. The molecule has 2 rings (SSSR count). The average Bonchev–Trinajstić information content (AvgIpc) is 2.40. The molecule has 0 radical (unpaired) electrons. The van der Waals surface area contributed by atoms with Crippen molar-refractivity contribution in [1.29, 1.82) is 0 Å². The molecule has 1 aliphatic heterocycles. The van der Waals surface area contributed by atoms with E-state index in [2.05, 4.69) is 26.0 Å². The topological polar surface area (TPSA) is 30.5 Å². The van der Waals surface area contributed by atoms with Gasteiger partial charge >= 0.3 is 6.61 Å². The first-order valence-electron chi connectivity index (χ1n) is 6.19. The summed E-state index contributed by atoms with van der Waals surface area (Å²) >= 11 is 3.34. The van der Waals surface area contributed by atoms with Crippen LogP contribution in [0.5, 0.6) is 5.75 Å². The number of halogens is 3. The van der Waals surface area contributed by atoms with Crippen LogP contribution in [0.2, 0.25) is 0 Å². The normalized spacial score (nSPS) is 16.8. The number of alkyl halides is 2. The van der Waals surface area contributed by atoms with Gasteiger partial charge in [-0.25, -0.2) is 0 Å². The summed E-state index contributed by atoms with van der Waals surface area (Å²) in [6, 6.07) is 5.41. The minimum absolute atomic E-state index is 0.220. The number of rotatable bonds is 5. The molecule has 1 aromatic carbocycles. The van der Waals surface area contributed by atoms with Gasteiger partial charge in [-0.2, -0.15) is 8.78 Å². The smallest absolute Gasteiger partial charge is 0.387 e. The van der Waals surface area contributed by atoms with Crippen molar-refractivity contribution in [1.82, 2.24) is 5.32 Å². The summed E-state index contributed by atoms with van der Waals surface area (Å²) in [6.45, 7) is -0.804. The Hall–Kier alpha value is -0.720. The van der Waals surface area contributed by atoms with Crippen molar-refractivity contribution >= 4 is 15.9 Å². The SMILES string of the molecule is FC(F)Oc1ccc(Br)cc1CNC1CCOCC1. The van der Waals surface area contributed by atoms with Gasteiger partial charge in [0.05, 0.1) is 0 Å². The molecule has 1 fully saturated rings. The van der Waals surface area contributed by atoms with Gasteiger partial charge in [0.25, 0.3) is 0 Å². The Morgan fingerprint density at radius 1 is 1.37 bits per heavy atom. The van der Waals surface area contributed by atoms with Crippen LogP contribution < -0.4 is 10.1 Å². The van der Waals surface area contributed by atoms with Crippen molar-refractivity contribution < 1.29 is 18.3 Å². The van der Waals surface area contributed by atoms with Crippen molar-refractivity contribution in [3.63, 3.8) is 0 Å². The van der Waals surface area contributed by atoms with Crippen LogP contribution in [-0.4, -0.2) is 25.9 Å². The van der Waals surface area contributed by atoms with E-state index in [0.717, 1.165) is 36.1 Å². The molecule has 6 heteroatoms. The van der Waals surface area contributed by atoms with Crippen LogP contribution in [0.1, 0.15) is 18.4 Å². The van der Waals surface area contributed by atoms with E-state index in [1.54, 1.807) is 18.2 Å². The van der Waals surface area contributed by atoms with Crippen LogP contribution >= 0.6 is 15.9 Å². The molecule has 1 heterocycles. The van der Waals surface area contributed by atoms with Gasteiger partial charge in [-0.3, -0.25) is 0 Å². The third-order valence-electron chi connectivity index (χ3n) is 3.04. The van der Waals surface area contributed by atoms with E-state index in [1.165, 1.54) is 0 Å². The molecule has 1 aliphatic rings. The molecule has 3 nitrogen and oxygen atoms in total. The van der Waals surface area contributed by atoms with Gasteiger partial charge in [0.15, 0.2) is 0 Å². The third kappa shape index (κ3) is 4.71. The quantitative estimate of drug-likeness (QED) is 0.895. The Kier molecular flexibility index (Phi) is 5.54. The van der Waals surface area contributed by atoms with Crippen molar-refractivity contribution in [3.05, 3.63) is 28.2 Å². The van der Waals surface area contributed by atoms with Crippen molar-refractivity contribution in [2.24, 2.45) is 0 Å². The first kappa shape index (κ1) is 14.7. The Labute approximate surface area is 119 Å². The summed E-state index contributed by atoms with van der Waals surface area (Å²) < 4.78 is 35.3. The summed E-state index contributed by atoms with van der Waals surface area (Å²) in [6.07, 6.45) is 1.89. The second-order valence-electron chi connectivity index (χ2n) is 4.40. The lowest BCUT2D eigenvalue weighted by Crippen LogP contribution is -2.34. The van der Waals surface area contributed by atoms with Crippen LogP contribution in [0.3, 0.4) is 0 Å². The maximum absolute atomic E-state index is 12.3. The van der Waals surface area contributed by atoms with Gasteiger partial charge in [0.1, 0.15) is 5.75 Å². The molecule has 0 atom stereocenters. The molecule has 0 aliphatic carbocycles. The molecule has 0 spiro atoms. The predicted molar refractivity (Wildman–Crippen MR) is 71.5 cm³/mol. The van der Waals surface area contributed by atoms with Gasteiger partial charge < -0.3 is 14.8 Å². The van der Waals surface area contributed by atoms with Crippen LogP contribution in [0, 0.1) is 0 Å². The summed E-state index contributed by atoms with van der Waals surface area (Å²) in [5.74, 6) is 0.220. The number of benzene rings is 1. The zero-order valence-corrected chi connectivity index (χ0v) is 12.0. The van der Waals surface area contributed by atoms with Crippen LogP contribution in [0.25, 0.3) is 0 Å². The van der Waals surface area contributed by atoms with Crippen LogP contribution in [-0.2, 0) is 11.3 Å². The second kappa shape index (κ2) is 7.17. The Morgan fingerprint density at radius 2 is 2.11 bits per heavy atom. The molecule has 19 heavy (non-hydrogen) atoms. The molecular weight excluding hydrogens is 320 g/mol. The molecule has 1 saturated heterocycles. The predicted octanol–water partition coefficient (Wildman–Crippen LogP) is 3.32. The Balaban J connectivity index is 1.98. The van der Waals surface area contributed by atoms with E-state index in [-0.39, 0.29) is 5.75 Å². The molecule has 106 valence electrons. The highest BCUT2D eigenvalue weighted by Gasteiger charge is 2.15. The van der Waals surface area contributed by atoms with Crippen LogP contribution in [0.4, 0.5) is 8.78 Å². The number of hydrogen-bond donors (Lipinski definition) is 1. The minimum atomic E-state index is -2.80. The Morgan fingerprint density at radius 3 is 2.79 bits per heavy atom. The molecule has 0 unspecified atom stereocenters. The standard InChI is InChI=1S/C13H16BrF2NO2/c14-10-1-2-12(19-13(15)16)9(7-10)8-17-11-3-5-18-6-4-11/h1-2,7,11,13,17H,3-6,8H2. The van der Waals surface area contributed by atoms with Crippen molar-refractivity contribution in [2.75, 3.05) is 13.2 Å². The molecule has 1 N–H and O–H groups in total. The number of ether oxygens (including phenoxy) is 2. The first-order chi connectivity index (χ1) is 9.15. The van der Waals surface area contributed by atoms with Gasteiger partial charge in [0, 0.05) is 35.8 Å². The molecular formula is C13H16BrF2NO2. The fourth-order valence-corrected chi connectivity index (χ4v) is 2.46. The highest BCUT2D eigenvalue weighted by atomic mass is 79.9. The molecule has 0 bridgehead atoms. The lowest BCUT2D eigenvalue weighted by Gasteiger charge is -2.23. The average molecular weight is 336 g/mol. The second-order valence-corrected chi connectivity index (χ2v) is 5.31. The summed E-state index contributed by atoms with van der Waals surface area (Å²) in [5, 5.41) is 3.35. The third-order valence-corrected chi connectivity index (χ3v) is 3.53. The highest BCUT2D eigenvalue weighted by molar-refractivity contribution is 9.10. The van der Waals surface area contributed by atoms with Crippen molar-refractivity contribution in [3.8, 4) is 5.75 Å². The number of hydrogen-bond acceptors (Lipinski definition) is 3. The van der Waals surface area contributed by atoms with Gasteiger partial charge in [-0.15, -0.1) is 0 Å². The summed E-state index contributed by atoms with van der Waals surface area (Å²) in [5.41, 5.74) is 0.723. The fraction of sp³-hybridized carbons (Fsp3) is 0.538. The minimum Gasteiger partial charge on any atom is -0.434 e. The molecule has 0 aromatic heterocycles.